The highest BCUT2D eigenvalue weighted by Gasteiger charge is 2.49. The summed E-state index contributed by atoms with van der Waals surface area (Å²) >= 11 is 0. The quantitative estimate of drug-likeness (QED) is 0.718. The topological polar surface area (TPSA) is 64.1 Å². The second-order valence-corrected chi connectivity index (χ2v) is 10.6. The zero-order valence-corrected chi connectivity index (χ0v) is 20.9. The molecule has 6 nitrogen and oxygen atoms in total. The molecule has 2 saturated heterocycles. The third-order valence-corrected chi connectivity index (χ3v) is 8.28. The smallest absolute Gasteiger partial charge is 0.253 e. The molecule has 186 valence electrons. The fourth-order valence-electron chi connectivity index (χ4n) is 6.04. The highest BCUT2D eigenvalue weighted by atomic mass is 16.3. The van der Waals surface area contributed by atoms with Crippen molar-refractivity contribution >= 4 is 11.8 Å². The first-order valence-electron chi connectivity index (χ1n) is 13.1. The highest BCUT2D eigenvalue weighted by molar-refractivity contribution is 5.95. The van der Waals surface area contributed by atoms with E-state index in [2.05, 4.69) is 34.1 Å². The molecule has 2 aromatic rings. The fourth-order valence-corrected chi connectivity index (χ4v) is 6.04. The molecular formula is C29H37N3O3. The Morgan fingerprint density at radius 1 is 0.971 bits per heavy atom. The number of nitrogens with zero attached hydrogens (tertiary/aromatic N) is 3. The van der Waals surface area contributed by atoms with Crippen molar-refractivity contribution < 1.29 is 14.7 Å². The van der Waals surface area contributed by atoms with Gasteiger partial charge in [-0.2, -0.15) is 0 Å². The minimum Gasteiger partial charge on any atom is -0.395 e. The maximum absolute atomic E-state index is 13.1. The normalized spacial score (nSPS) is 25.0. The average molecular weight is 476 g/mol. The van der Waals surface area contributed by atoms with Gasteiger partial charge in [-0.3, -0.25) is 14.5 Å². The fraction of sp³-hybridized carbons (Fsp3) is 0.517. The molecule has 2 aromatic carbocycles. The van der Waals surface area contributed by atoms with E-state index in [1.807, 2.05) is 24.3 Å². The van der Waals surface area contributed by atoms with Gasteiger partial charge in [-0.05, 0) is 61.1 Å². The van der Waals surface area contributed by atoms with E-state index in [0.29, 0.717) is 11.5 Å². The van der Waals surface area contributed by atoms with Crippen LogP contribution in [0.25, 0.3) is 11.1 Å². The molecule has 2 amide bonds. The van der Waals surface area contributed by atoms with E-state index < -0.39 is 0 Å². The maximum Gasteiger partial charge on any atom is 0.253 e. The van der Waals surface area contributed by atoms with Crippen molar-refractivity contribution in [1.82, 2.24) is 14.7 Å². The van der Waals surface area contributed by atoms with Crippen LogP contribution in [-0.2, 0) is 4.79 Å². The zero-order valence-electron chi connectivity index (χ0n) is 20.9. The van der Waals surface area contributed by atoms with E-state index in [1.165, 1.54) is 12.0 Å². The van der Waals surface area contributed by atoms with Crippen LogP contribution in [0.4, 0.5) is 0 Å². The van der Waals surface area contributed by atoms with Crippen LogP contribution in [-0.4, -0.2) is 84.0 Å². The Bertz CT molecular complexity index is 1060. The van der Waals surface area contributed by atoms with Crippen LogP contribution in [0.1, 0.15) is 53.9 Å². The molecular weight excluding hydrogens is 438 g/mol. The summed E-state index contributed by atoms with van der Waals surface area (Å²) < 4.78 is 0. The van der Waals surface area contributed by atoms with Crippen LogP contribution < -0.4 is 0 Å². The SMILES string of the molecule is CN(C)C(=O)c1cccc(-c2ccc([C@@H]3[C@@H](CO)N4CCCCN(C(=O)C5CCC5)C[C@@H]34)cc2)c1. The second-order valence-electron chi connectivity index (χ2n) is 10.6. The molecule has 3 fully saturated rings. The number of rotatable bonds is 5. The minimum atomic E-state index is -0.00546. The van der Waals surface area contributed by atoms with Gasteiger partial charge in [0.25, 0.3) is 5.91 Å². The van der Waals surface area contributed by atoms with Crippen LogP contribution in [0.3, 0.4) is 0 Å². The Hall–Kier alpha value is -2.70. The first kappa shape index (κ1) is 24.0. The number of carbonyl (C=O) groups is 2. The number of carbonyl (C=O) groups excluding carboxylic acids is 2. The van der Waals surface area contributed by atoms with Gasteiger partial charge < -0.3 is 14.9 Å². The van der Waals surface area contributed by atoms with E-state index in [4.69, 9.17) is 0 Å². The lowest BCUT2D eigenvalue weighted by Crippen LogP contribution is -2.68. The van der Waals surface area contributed by atoms with Crippen molar-refractivity contribution in [3.8, 4) is 11.1 Å². The van der Waals surface area contributed by atoms with Gasteiger partial charge in [0.05, 0.1) is 6.61 Å². The van der Waals surface area contributed by atoms with E-state index in [-0.39, 0.29) is 36.4 Å². The first-order chi connectivity index (χ1) is 17.0. The lowest BCUT2D eigenvalue weighted by molar-refractivity contribution is -0.143. The molecule has 2 aliphatic heterocycles. The Labute approximate surface area is 208 Å². The lowest BCUT2D eigenvalue weighted by Gasteiger charge is -2.57. The summed E-state index contributed by atoms with van der Waals surface area (Å²) in [6.07, 6.45) is 5.35. The molecule has 0 aromatic heterocycles. The number of aliphatic hydroxyl groups excluding tert-OH is 1. The van der Waals surface area contributed by atoms with Gasteiger partial charge in [0.15, 0.2) is 0 Å². The number of amides is 2. The molecule has 2 heterocycles. The van der Waals surface area contributed by atoms with Crippen LogP contribution in [0.2, 0.25) is 0 Å². The van der Waals surface area contributed by atoms with Gasteiger partial charge in [-0.15, -0.1) is 0 Å². The van der Waals surface area contributed by atoms with Crippen LogP contribution in [0.15, 0.2) is 48.5 Å². The minimum absolute atomic E-state index is 0.00546. The molecule has 1 N–H and O–H groups in total. The summed E-state index contributed by atoms with van der Waals surface area (Å²) in [5.74, 6) is 0.774. The number of benzene rings is 2. The van der Waals surface area contributed by atoms with Gasteiger partial charge >= 0.3 is 0 Å². The molecule has 3 aliphatic rings. The molecule has 3 atom stereocenters. The standard InChI is InChI=1S/C29H37N3O3/c1-30(2)28(34)24-10-6-9-23(17-24)20-11-13-21(14-12-20)27-25-18-31(29(35)22-7-5-8-22)15-3-4-16-32(25)26(27)19-33/h6,9-14,17,22,25-27,33H,3-5,7-8,15-16,18-19H2,1-2H3/t25-,26+,27-/m0/s1. The summed E-state index contributed by atoms with van der Waals surface area (Å²) in [7, 11) is 3.53. The third kappa shape index (κ3) is 4.62. The molecule has 0 spiro atoms. The molecule has 0 unspecified atom stereocenters. The molecule has 5 rings (SSSR count). The monoisotopic (exact) mass is 475 g/mol. The van der Waals surface area contributed by atoms with Gasteiger partial charge in [-0.25, -0.2) is 0 Å². The van der Waals surface area contributed by atoms with E-state index >= 15 is 0 Å². The van der Waals surface area contributed by atoms with Crippen LogP contribution in [0.5, 0.6) is 0 Å². The number of hydrogen-bond donors (Lipinski definition) is 1. The van der Waals surface area contributed by atoms with E-state index in [1.54, 1.807) is 19.0 Å². The van der Waals surface area contributed by atoms with Gasteiger partial charge in [0.1, 0.15) is 0 Å². The Kier molecular flexibility index (Phi) is 6.94. The molecule has 35 heavy (non-hydrogen) atoms. The van der Waals surface area contributed by atoms with E-state index in [9.17, 15) is 14.7 Å². The lowest BCUT2D eigenvalue weighted by atomic mass is 9.74. The van der Waals surface area contributed by atoms with Crippen molar-refractivity contribution in [3.05, 3.63) is 59.7 Å². The van der Waals surface area contributed by atoms with Crippen molar-refractivity contribution in [2.24, 2.45) is 5.92 Å². The van der Waals surface area contributed by atoms with Crippen LogP contribution >= 0.6 is 0 Å². The van der Waals surface area contributed by atoms with Crippen molar-refractivity contribution in [1.29, 1.82) is 0 Å². The van der Waals surface area contributed by atoms with Crippen molar-refractivity contribution in [2.75, 3.05) is 40.3 Å². The molecule has 0 bridgehead atoms. The van der Waals surface area contributed by atoms with Gasteiger partial charge in [-0.1, -0.05) is 42.8 Å². The predicted octanol–water partition coefficient (Wildman–Crippen LogP) is 3.61. The summed E-state index contributed by atoms with van der Waals surface area (Å²) in [5.41, 5.74) is 3.98. The van der Waals surface area contributed by atoms with E-state index in [0.717, 1.165) is 56.4 Å². The first-order valence-corrected chi connectivity index (χ1v) is 13.1. The Balaban J connectivity index is 1.36. The molecule has 0 radical (unpaired) electrons. The van der Waals surface area contributed by atoms with Gasteiger partial charge in [0, 0.05) is 56.7 Å². The summed E-state index contributed by atoms with van der Waals surface area (Å²) in [6.45, 7) is 2.74. The zero-order chi connectivity index (χ0) is 24.5. The Morgan fingerprint density at radius 2 is 1.71 bits per heavy atom. The second kappa shape index (κ2) is 10.1. The summed E-state index contributed by atoms with van der Waals surface area (Å²) in [5, 5.41) is 10.2. The molecule has 1 saturated carbocycles. The number of aliphatic hydroxyl groups is 1. The van der Waals surface area contributed by atoms with Crippen molar-refractivity contribution in [2.45, 2.75) is 50.1 Å². The van der Waals surface area contributed by atoms with Gasteiger partial charge in [0.2, 0.25) is 5.91 Å². The maximum atomic E-state index is 13.1. The number of fused-ring (bicyclic) bond motifs is 1. The third-order valence-electron chi connectivity index (χ3n) is 8.28. The van der Waals surface area contributed by atoms with Crippen molar-refractivity contribution in [3.63, 3.8) is 0 Å². The van der Waals surface area contributed by atoms with Crippen LogP contribution in [0, 0.1) is 5.92 Å². The Morgan fingerprint density at radius 3 is 2.37 bits per heavy atom. The molecule has 1 aliphatic carbocycles. The molecule has 6 heteroatoms. The summed E-state index contributed by atoms with van der Waals surface area (Å²) in [4.78, 5) is 31.6. The highest BCUT2D eigenvalue weighted by Crippen LogP contribution is 2.43. The predicted molar refractivity (Wildman–Crippen MR) is 137 cm³/mol. The average Bonchev–Trinajstić information content (AvgIpc) is 2.82. The number of hydrogen-bond acceptors (Lipinski definition) is 4. The summed E-state index contributed by atoms with van der Waals surface area (Å²) in [6, 6.07) is 16.7. The largest absolute Gasteiger partial charge is 0.395 e.